The number of anilines is 3. The third-order valence-electron chi connectivity index (χ3n) is 11.0. The van der Waals surface area contributed by atoms with Crippen LogP contribution < -0.4 is 4.90 Å². The lowest BCUT2D eigenvalue weighted by Crippen LogP contribution is -2.09. The number of benzene rings is 7. The number of hydrogen-bond acceptors (Lipinski definition) is 2. The van der Waals surface area contributed by atoms with Gasteiger partial charge in [-0.1, -0.05) is 121 Å². The van der Waals surface area contributed by atoms with Crippen molar-refractivity contribution in [3.8, 4) is 39.3 Å². The largest absolute Gasteiger partial charge is 0.311 e. The van der Waals surface area contributed by atoms with Gasteiger partial charge in [0.15, 0.2) is 0 Å². The predicted octanol–water partition coefficient (Wildman–Crippen LogP) is 13.7. The normalized spacial score (nSPS) is 11.4. The highest BCUT2D eigenvalue weighted by Crippen LogP contribution is 2.39. The van der Waals surface area contributed by atoms with Gasteiger partial charge in [0.2, 0.25) is 0 Å². The summed E-state index contributed by atoms with van der Waals surface area (Å²) in [5.41, 5.74) is 14.2. The zero-order valence-electron chi connectivity index (χ0n) is 30.9. The van der Waals surface area contributed by atoms with E-state index in [0.29, 0.717) is 0 Å². The Morgan fingerprint density at radius 2 is 1.11 bits per heavy atom. The summed E-state index contributed by atoms with van der Waals surface area (Å²) in [4.78, 5) is 7.36. The second kappa shape index (κ2) is 13.5. The monoisotopic (exact) mass is 726 g/mol. The molecule has 0 aliphatic rings. The molecular formula is C53H34N4. The highest BCUT2D eigenvalue weighted by atomic mass is 15.1. The van der Waals surface area contributed by atoms with Crippen molar-refractivity contribution in [2.45, 2.75) is 0 Å². The van der Waals surface area contributed by atoms with Gasteiger partial charge in [0, 0.05) is 56.2 Å². The summed E-state index contributed by atoms with van der Waals surface area (Å²) in [7, 11) is 0. The summed E-state index contributed by atoms with van der Waals surface area (Å²) in [6.07, 6.45) is 2.09. The number of fused-ring (bicyclic) bond motifs is 5. The molecule has 0 saturated heterocycles. The van der Waals surface area contributed by atoms with E-state index in [1.54, 1.807) is 0 Å². The summed E-state index contributed by atoms with van der Waals surface area (Å²) in [5, 5.41) is 4.72. The standard InChI is InChI=1S/C53H34N4/c1-3-13-39(14-4-1)52-53(55-34-12-11-21-51(55)54-52)40-26-32-45(33-27-40)56(43-17-5-2-6-18-43)44-28-22-37(23-29-44)38-24-30-46(31-25-38)57-49-20-10-9-19-47(49)48-35-41-15-7-8-16-42(41)36-50(48)57/h1-7,9-15,17-36H. The fourth-order valence-electron chi connectivity index (χ4n) is 8.27. The first kappa shape index (κ1) is 32.6. The molecule has 0 atom stereocenters. The number of para-hydroxylation sites is 2. The predicted molar refractivity (Wildman–Crippen MR) is 236 cm³/mol. The molecule has 8 aromatic carbocycles. The Morgan fingerprint density at radius 3 is 1.86 bits per heavy atom. The third kappa shape index (κ3) is 5.61. The Morgan fingerprint density at radius 1 is 0.474 bits per heavy atom. The van der Waals surface area contributed by atoms with Crippen molar-refractivity contribution in [2.75, 3.05) is 4.90 Å². The minimum atomic E-state index is 0.925. The Kier molecular flexibility index (Phi) is 7.69. The van der Waals surface area contributed by atoms with Gasteiger partial charge in [-0.2, -0.15) is 0 Å². The average Bonchev–Trinajstić information content (AvgIpc) is 3.83. The smallest absolute Gasteiger partial charge is 0.137 e. The number of pyridine rings is 1. The van der Waals surface area contributed by atoms with Crippen LogP contribution in [0.3, 0.4) is 0 Å². The fourth-order valence-corrected chi connectivity index (χ4v) is 8.27. The molecule has 0 amide bonds. The van der Waals surface area contributed by atoms with Crippen LogP contribution in [0.15, 0.2) is 206 Å². The van der Waals surface area contributed by atoms with Gasteiger partial charge in [-0.3, -0.25) is 4.40 Å². The van der Waals surface area contributed by atoms with Gasteiger partial charge in [-0.25, -0.2) is 4.98 Å². The van der Waals surface area contributed by atoms with Crippen LogP contribution in [0.2, 0.25) is 0 Å². The van der Waals surface area contributed by atoms with Gasteiger partial charge in [-0.15, -0.1) is 0 Å². The van der Waals surface area contributed by atoms with Crippen LogP contribution in [0.25, 0.3) is 77.6 Å². The average molecular weight is 727 g/mol. The van der Waals surface area contributed by atoms with E-state index in [9.17, 15) is 0 Å². The summed E-state index contributed by atoms with van der Waals surface area (Å²) >= 11 is 0. The van der Waals surface area contributed by atoms with E-state index >= 15 is 0 Å². The van der Waals surface area contributed by atoms with E-state index in [2.05, 4.69) is 214 Å². The molecule has 11 rings (SSSR count). The molecule has 3 aromatic heterocycles. The summed E-state index contributed by atoms with van der Waals surface area (Å²) < 4.78 is 4.54. The van der Waals surface area contributed by atoms with Crippen LogP contribution >= 0.6 is 0 Å². The van der Waals surface area contributed by atoms with E-state index in [1.807, 2.05) is 18.2 Å². The maximum absolute atomic E-state index is 5.05. The number of rotatable bonds is 7. The van der Waals surface area contributed by atoms with Crippen LogP contribution in [0.5, 0.6) is 0 Å². The van der Waals surface area contributed by atoms with Crippen LogP contribution in [0, 0.1) is 12.1 Å². The Balaban J connectivity index is 0.935. The van der Waals surface area contributed by atoms with E-state index in [4.69, 9.17) is 4.98 Å². The second-order valence-electron chi connectivity index (χ2n) is 14.3. The molecule has 0 radical (unpaired) electrons. The third-order valence-corrected chi connectivity index (χ3v) is 11.0. The zero-order valence-corrected chi connectivity index (χ0v) is 30.9. The minimum absolute atomic E-state index is 0.925. The first-order chi connectivity index (χ1) is 28.3. The molecule has 4 heteroatoms. The molecule has 0 saturated carbocycles. The van der Waals surface area contributed by atoms with Crippen molar-refractivity contribution >= 4 is 55.3 Å². The summed E-state index contributed by atoms with van der Waals surface area (Å²) in [5.74, 6) is 0. The first-order valence-corrected chi connectivity index (χ1v) is 19.2. The highest BCUT2D eigenvalue weighted by molar-refractivity contribution is 6.13. The fraction of sp³-hybridized carbons (Fsp3) is 0. The van der Waals surface area contributed by atoms with Gasteiger partial charge in [0.1, 0.15) is 5.65 Å². The molecule has 0 bridgehead atoms. The lowest BCUT2D eigenvalue weighted by Gasteiger charge is -2.26. The van der Waals surface area contributed by atoms with Crippen molar-refractivity contribution in [2.24, 2.45) is 0 Å². The van der Waals surface area contributed by atoms with E-state index < -0.39 is 0 Å². The van der Waals surface area contributed by atoms with Crippen LogP contribution in [-0.2, 0) is 0 Å². The molecule has 0 aliphatic heterocycles. The lowest BCUT2D eigenvalue weighted by molar-refractivity contribution is 1.18. The van der Waals surface area contributed by atoms with Gasteiger partial charge in [-0.05, 0) is 108 Å². The molecule has 0 spiro atoms. The first-order valence-electron chi connectivity index (χ1n) is 19.2. The van der Waals surface area contributed by atoms with Crippen molar-refractivity contribution < 1.29 is 0 Å². The van der Waals surface area contributed by atoms with Crippen LogP contribution in [0.4, 0.5) is 17.1 Å². The van der Waals surface area contributed by atoms with E-state index in [0.717, 1.165) is 67.4 Å². The van der Waals surface area contributed by atoms with Crippen molar-refractivity contribution in [3.05, 3.63) is 219 Å². The highest BCUT2D eigenvalue weighted by Gasteiger charge is 2.18. The number of hydrogen-bond donors (Lipinski definition) is 0. The molecule has 266 valence electrons. The summed E-state index contributed by atoms with van der Waals surface area (Å²) in [6, 6.07) is 77.4. The lowest BCUT2D eigenvalue weighted by atomic mass is 10.0. The molecule has 0 N–H and O–H groups in total. The molecular weight excluding hydrogens is 693 g/mol. The SMILES string of the molecule is c1ccc2cc3c4ccccc4n(-c4ccc(-c5ccc(N(c6ccccc6)c6ccc(-c7c(-c8ccccc8)nc8ccccn78)cc6)cc5)cc4)c3cc2c#1. The zero-order chi connectivity index (χ0) is 37.7. The van der Waals surface area contributed by atoms with E-state index in [-0.39, 0.29) is 0 Å². The maximum atomic E-state index is 5.05. The molecule has 11 aromatic rings. The number of nitrogens with zero attached hydrogens (tertiary/aromatic N) is 4. The van der Waals surface area contributed by atoms with Gasteiger partial charge < -0.3 is 9.47 Å². The van der Waals surface area contributed by atoms with Crippen LogP contribution in [0.1, 0.15) is 0 Å². The van der Waals surface area contributed by atoms with Gasteiger partial charge in [0.05, 0.1) is 22.4 Å². The quantitative estimate of drug-likeness (QED) is 0.163. The summed E-state index contributed by atoms with van der Waals surface area (Å²) in [6.45, 7) is 0. The Bertz CT molecular complexity index is 3200. The van der Waals surface area contributed by atoms with Gasteiger partial charge in [0.25, 0.3) is 0 Å². The second-order valence-corrected chi connectivity index (χ2v) is 14.3. The van der Waals surface area contributed by atoms with Crippen LogP contribution in [-0.4, -0.2) is 14.0 Å². The molecule has 4 nitrogen and oxygen atoms in total. The molecule has 0 unspecified atom stereocenters. The molecule has 57 heavy (non-hydrogen) atoms. The van der Waals surface area contributed by atoms with Crippen molar-refractivity contribution in [1.29, 1.82) is 0 Å². The van der Waals surface area contributed by atoms with Crippen molar-refractivity contribution in [3.63, 3.8) is 0 Å². The van der Waals surface area contributed by atoms with Crippen molar-refractivity contribution in [1.82, 2.24) is 14.0 Å². The molecule has 3 heterocycles. The minimum Gasteiger partial charge on any atom is -0.311 e. The Labute approximate surface area is 330 Å². The van der Waals surface area contributed by atoms with E-state index in [1.165, 1.54) is 27.2 Å². The maximum Gasteiger partial charge on any atom is 0.137 e. The number of imidazole rings is 1. The Hall–Kier alpha value is -7.87. The van der Waals surface area contributed by atoms with Gasteiger partial charge >= 0.3 is 0 Å². The number of aromatic nitrogens is 3. The molecule has 0 fully saturated rings. The topological polar surface area (TPSA) is 25.5 Å². The molecule has 0 aliphatic carbocycles.